The molecule has 4 nitrogen and oxygen atoms in total. The predicted octanol–water partition coefficient (Wildman–Crippen LogP) is 1.47. The summed E-state index contributed by atoms with van der Waals surface area (Å²) >= 11 is 0. The van der Waals surface area contributed by atoms with Gasteiger partial charge in [0.1, 0.15) is 11.6 Å². The molecule has 106 valence electrons. The van der Waals surface area contributed by atoms with Crippen LogP contribution in [0.3, 0.4) is 0 Å². The summed E-state index contributed by atoms with van der Waals surface area (Å²) in [5.74, 6) is 0.646. The van der Waals surface area contributed by atoms with Gasteiger partial charge in [0.15, 0.2) is 0 Å². The summed E-state index contributed by atoms with van der Waals surface area (Å²) in [7, 11) is 4.01. The van der Waals surface area contributed by atoms with Crippen LogP contribution in [-0.4, -0.2) is 49.7 Å². The number of aromatic nitrogens is 1. The van der Waals surface area contributed by atoms with Crippen LogP contribution in [-0.2, 0) is 6.54 Å². The Bertz CT molecular complexity index is 424. The Balaban J connectivity index is 2.28. The zero-order chi connectivity index (χ0) is 13.8. The third kappa shape index (κ3) is 3.42. The van der Waals surface area contributed by atoms with Gasteiger partial charge < -0.3 is 15.1 Å². The molecule has 2 heterocycles. The van der Waals surface area contributed by atoms with Crippen molar-refractivity contribution in [3.8, 4) is 0 Å². The van der Waals surface area contributed by atoms with E-state index in [0.29, 0.717) is 12.6 Å². The molecule has 19 heavy (non-hydrogen) atoms. The van der Waals surface area contributed by atoms with E-state index in [1.165, 1.54) is 6.20 Å². The molecule has 1 aliphatic heterocycles. The molecule has 5 heteroatoms. The molecule has 1 fully saturated rings. The molecule has 0 radical (unpaired) electrons. The Morgan fingerprint density at radius 1 is 1.47 bits per heavy atom. The summed E-state index contributed by atoms with van der Waals surface area (Å²) in [4.78, 5) is 8.97. The van der Waals surface area contributed by atoms with E-state index in [1.54, 1.807) is 6.07 Å². The van der Waals surface area contributed by atoms with Gasteiger partial charge in [-0.1, -0.05) is 0 Å². The second-order valence-electron chi connectivity index (χ2n) is 5.32. The van der Waals surface area contributed by atoms with Gasteiger partial charge in [-0.2, -0.15) is 0 Å². The van der Waals surface area contributed by atoms with Crippen LogP contribution in [0, 0.1) is 5.82 Å². The minimum absolute atomic E-state index is 0.270. The first-order valence-corrected chi connectivity index (χ1v) is 6.86. The summed E-state index contributed by atoms with van der Waals surface area (Å²) in [5.41, 5.74) is 0.930. The zero-order valence-electron chi connectivity index (χ0n) is 12.0. The first kappa shape index (κ1) is 14.2. The van der Waals surface area contributed by atoms with Crippen LogP contribution in [0.25, 0.3) is 0 Å². The van der Waals surface area contributed by atoms with E-state index in [2.05, 4.69) is 34.1 Å². The SMILES string of the molecule is CNCc1cc(F)cnc1N1CCCN(C)CC1C. The minimum atomic E-state index is -0.270. The van der Waals surface area contributed by atoms with Crippen molar-refractivity contribution < 1.29 is 4.39 Å². The average molecular weight is 266 g/mol. The largest absolute Gasteiger partial charge is 0.352 e. The minimum Gasteiger partial charge on any atom is -0.352 e. The van der Waals surface area contributed by atoms with Crippen molar-refractivity contribution in [2.45, 2.75) is 25.9 Å². The van der Waals surface area contributed by atoms with Crippen molar-refractivity contribution in [1.29, 1.82) is 0 Å². The van der Waals surface area contributed by atoms with Crippen LogP contribution < -0.4 is 10.2 Å². The van der Waals surface area contributed by atoms with Crippen LogP contribution in [0.4, 0.5) is 10.2 Å². The average Bonchev–Trinajstić information content (AvgIpc) is 2.51. The number of hydrogen-bond acceptors (Lipinski definition) is 4. The van der Waals surface area contributed by atoms with Crippen LogP contribution in [0.5, 0.6) is 0 Å². The van der Waals surface area contributed by atoms with Gasteiger partial charge in [-0.15, -0.1) is 0 Å². The van der Waals surface area contributed by atoms with E-state index < -0.39 is 0 Å². The molecule has 1 atom stereocenters. The highest BCUT2D eigenvalue weighted by Gasteiger charge is 2.22. The third-order valence-electron chi connectivity index (χ3n) is 3.60. The van der Waals surface area contributed by atoms with Crippen molar-refractivity contribution in [1.82, 2.24) is 15.2 Å². The number of likely N-dealkylation sites (N-methyl/N-ethyl adjacent to an activating group) is 1. The van der Waals surface area contributed by atoms with Crippen molar-refractivity contribution in [2.24, 2.45) is 0 Å². The second kappa shape index (κ2) is 6.30. The zero-order valence-corrected chi connectivity index (χ0v) is 12.0. The lowest BCUT2D eigenvalue weighted by atomic mass is 10.2. The van der Waals surface area contributed by atoms with E-state index in [0.717, 1.165) is 37.4 Å². The standard InChI is InChI=1S/C14H23FN4/c1-11-10-18(3)5-4-6-19(11)14-12(8-16-2)7-13(15)9-17-14/h7,9,11,16H,4-6,8,10H2,1-3H3. The molecule has 1 unspecified atom stereocenters. The Morgan fingerprint density at radius 2 is 2.26 bits per heavy atom. The maximum atomic E-state index is 13.4. The lowest BCUT2D eigenvalue weighted by Crippen LogP contribution is -2.39. The molecule has 0 aliphatic carbocycles. The number of anilines is 1. The summed E-state index contributed by atoms with van der Waals surface area (Å²) in [6.07, 6.45) is 2.43. The van der Waals surface area contributed by atoms with Crippen LogP contribution >= 0.6 is 0 Å². The van der Waals surface area contributed by atoms with Crippen molar-refractivity contribution >= 4 is 5.82 Å². The molecule has 0 aromatic carbocycles. The van der Waals surface area contributed by atoms with Crippen molar-refractivity contribution in [2.75, 3.05) is 38.6 Å². The lowest BCUT2D eigenvalue weighted by Gasteiger charge is -2.30. The number of hydrogen-bond donors (Lipinski definition) is 1. The molecular formula is C14H23FN4. The fourth-order valence-corrected chi connectivity index (χ4v) is 2.74. The first-order chi connectivity index (χ1) is 9.11. The van der Waals surface area contributed by atoms with E-state index in [9.17, 15) is 4.39 Å². The molecule has 1 N–H and O–H groups in total. The number of pyridine rings is 1. The molecule has 1 aromatic heterocycles. The molecule has 1 saturated heterocycles. The Labute approximate surface area is 114 Å². The second-order valence-corrected chi connectivity index (χ2v) is 5.32. The Kier molecular flexibility index (Phi) is 4.71. The molecular weight excluding hydrogens is 243 g/mol. The molecule has 0 spiro atoms. The van der Waals surface area contributed by atoms with Crippen LogP contribution in [0.2, 0.25) is 0 Å². The van der Waals surface area contributed by atoms with Gasteiger partial charge in [-0.05, 0) is 40.1 Å². The molecule has 0 bridgehead atoms. The van der Waals surface area contributed by atoms with E-state index in [1.807, 2.05) is 7.05 Å². The van der Waals surface area contributed by atoms with E-state index in [-0.39, 0.29) is 5.82 Å². The van der Waals surface area contributed by atoms with Crippen LogP contribution in [0.15, 0.2) is 12.3 Å². The summed E-state index contributed by atoms with van der Waals surface area (Å²) in [6.45, 7) is 5.93. The number of halogens is 1. The molecule has 1 aliphatic rings. The van der Waals surface area contributed by atoms with Gasteiger partial charge in [0.25, 0.3) is 0 Å². The highest BCUT2D eigenvalue weighted by atomic mass is 19.1. The first-order valence-electron chi connectivity index (χ1n) is 6.86. The predicted molar refractivity (Wildman–Crippen MR) is 75.9 cm³/mol. The fourth-order valence-electron chi connectivity index (χ4n) is 2.74. The van der Waals surface area contributed by atoms with Crippen molar-refractivity contribution in [3.63, 3.8) is 0 Å². The topological polar surface area (TPSA) is 31.4 Å². The van der Waals surface area contributed by atoms with Gasteiger partial charge >= 0.3 is 0 Å². The van der Waals surface area contributed by atoms with E-state index in [4.69, 9.17) is 0 Å². The summed E-state index contributed by atoms with van der Waals surface area (Å²) < 4.78 is 13.4. The van der Waals surface area contributed by atoms with Crippen molar-refractivity contribution in [3.05, 3.63) is 23.6 Å². The quantitative estimate of drug-likeness (QED) is 0.898. The van der Waals surface area contributed by atoms with Crippen LogP contribution in [0.1, 0.15) is 18.9 Å². The number of nitrogens with zero attached hydrogens (tertiary/aromatic N) is 3. The molecule has 1 aromatic rings. The molecule has 2 rings (SSSR count). The van der Waals surface area contributed by atoms with E-state index >= 15 is 0 Å². The summed E-state index contributed by atoms with van der Waals surface area (Å²) in [5, 5.41) is 3.09. The normalized spacial score (nSPS) is 21.5. The fraction of sp³-hybridized carbons (Fsp3) is 0.643. The Morgan fingerprint density at radius 3 is 3.00 bits per heavy atom. The van der Waals surface area contributed by atoms with Gasteiger partial charge in [0.2, 0.25) is 0 Å². The number of rotatable bonds is 3. The van der Waals surface area contributed by atoms with Gasteiger partial charge in [-0.25, -0.2) is 9.37 Å². The third-order valence-corrected chi connectivity index (χ3v) is 3.60. The highest BCUT2D eigenvalue weighted by molar-refractivity contribution is 5.48. The summed E-state index contributed by atoms with van der Waals surface area (Å²) in [6, 6.07) is 1.97. The monoisotopic (exact) mass is 266 g/mol. The molecule has 0 amide bonds. The maximum Gasteiger partial charge on any atom is 0.141 e. The Hall–Kier alpha value is -1.20. The highest BCUT2D eigenvalue weighted by Crippen LogP contribution is 2.23. The smallest absolute Gasteiger partial charge is 0.141 e. The van der Waals surface area contributed by atoms with Gasteiger partial charge in [-0.3, -0.25) is 0 Å². The molecule has 0 saturated carbocycles. The van der Waals surface area contributed by atoms with Gasteiger partial charge in [0, 0.05) is 31.2 Å². The van der Waals surface area contributed by atoms with Gasteiger partial charge in [0.05, 0.1) is 6.20 Å². The lowest BCUT2D eigenvalue weighted by molar-refractivity contribution is 0.337. The maximum absolute atomic E-state index is 13.4. The number of nitrogens with one attached hydrogen (secondary N) is 1.